The molecule has 0 rings (SSSR count). The highest BCUT2D eigenvalue weighted by atomic mass is 16.5. The highest BCUT2D eigenvalue weighted by Crippen LogP contribution is 2.18. The van der Waals surface area contributed by atoms with Gasteiger partial charge in [-0.2, -0.15) is 0 Å². The number of hydrogen-bond donors (Lipinski definition) is 0. The van der Waals surface area contributed by atoms with Crippen molar-refractivity contribution in [2.45, 2.75) is 54.4 Å². The third kappa shape index (κ3) is 5.99. The maximum absolute atomic E-state index is 12.0. The lowest BCUT2D eigenvalue weighted by molar-refractivity contribution is -0.141. The maximum atomic E-state index is 12.0. The zero-order valence-corrected chi connectivity index (χ0v) is 12.5. The van der Waals surface area contributed by atoms with Gasteiger partial charge in [-0.15, -0.1) is 0 Å². The van der Waals surface area contributed by atoms with Crippen molar-refractivity contribution in [2.24, 2.45) is 11.8 Å². The van der Waals surface area contributed by atoms with E-state index < -0.39 is 5.97 Å². The molecule has 3 heteroatoms. The van der Waals surface area contributed by atoms with Crippen LogP contribution in [-0.2, 0) is 14.3 Å². The summed E-state index contributed by atoms with van der Waals surface area (Å²) in [7, 11) is 0. The van der Waals surface area contributed by atoms with Crippen molar-refractivity contribution in [2.75, 3.05) is 6.61 Å². The Balaban J connectivity index is 4.99. The maximum Gasteiger partial charge on any atom is 0.341 e. The first kappa shape index (κ1) is 16.9. The van der Waals surface area contributed by atoms with Crippen LogP contribution in [0.2, 0.25) is 0 Å². The summed E-state index contributed by atoms with van der Waals surface area (Å²) in [5.74, 6) is 0.107. The number of carbonyl (C=O) groups is 2. The van der Waals surface area contributed by atoms with Gasteiger partial charge in [0, 0.05) is 6.42 Å². The van der Waals surface area contributed by atoms with E-state index in [4.69, 9.17) is 4.74 Å². The van der Waals surface area contributed by atoms with E-state index in [0.29, 0.717) is 18.9 Å². The molecule has 0 radical (unpaired) electrons. The van der Waals surface area contributed by atoms with Gasteiger partial charge in [-0.3, -0.25) is 4.79 Å². The Morgan fingerprint density at radius 1 is 1.06 bits per heavy atom. The number of ether oxygens (including phenoxy) is 1. The van der Waals surface area contributed by atoms with Crippen molar-refractivity contribution in [3.63, 3.8) is 0 Å². The van der Waals surface area contributed by atoms with E-state index in [1.807, 2.05) is 20.8 Å². The van der Waals surface area contributed by atoms with Gasteiger partial charge >= 0.3 is 5.97 Å². The van der Waals surface area contributed by atoms with Crippen LogP contribution >= 0.6 is 0 Å². The van der Waals surface area contributed by atoms with Gasteiger partial charge in [-0.1, -0.05) is 40.2 Å². The van der Waals surface area contributed by atoms with Crippen molar-refractivity contribution < 1.29 is 14.3 Å². The van der Waals surface area contributed by atoms with Crippen LogP contribution in [0.25, 0.3) is 0 Å². The van der Waals surface area contributed by atoms with Gasteiger partial charge in [0.05, 0.1) is 6.61 Å². The second-order valence-corrected chi connectivity index (χ2v) is 5.52. The van der Waals surface area contributed by atoms with Gasteiger partial charge < -0.3 is 4.74 Å². The molecule has 0 amide bonds. The first-order valence-corrected chi connectivity index (χ1v) is 6.69. The van der Waals surface area contributed by atoms with E-state index in [9.17, 15) is 9.59 Å². The van der Waals surface area contributed by atoms with E-state index in [-0.39, 0.29) is 17.3 Å². The molecule has 0 saturated carbocycles. The van der Waals surface area contributed by atoms with Crippen LogP contribution in [0.3, 0.4) is 0 Å². The Kier molecular flexibility index (Phi) is 7.56. The molecule has 0 aromatic carbocycles. The first-order chi connectivity index (χ1) is 8.29. The van der Waals surface area contributed by atoms with Gasteiger partial charge in [0.15, 0.2) is 5.78 Å². The zero-order valence-electron chi connectivity index (χ0n) is 12.5. The number of allylic oxidation sites excluding steroid dienone is 1. The Morgan fingerprint density at radius 3 is 2.00 bits per heavy atom. The molecule has 0 bridgehead atoms. The lowest BCUT2D eigenvalue weighted by Crippen LogP contribution is -2.19. The number of carbonyl (C=O) groups excluding carboxylic acids is 2. The van der Waals surface area contributed by atoms with Crippen molar-refractivity contribution in [3.05, 3.63) is 11.1 Å². The molecule has 0 fully saturated rings. The summed E-state index contributed by atoms with van der Waals surface area (Å²) >= 11 is 0. The topological polar surface area (TPSA) is 43.4 Å². The molecule has 0 atom stereocenters. The summed E-state index contributed by atoms with van der Waals surface area (Å²) in [6.45, 7) is 12.0. The predicted octanol–water partition coefficient (Wildman–Crippen LogP) is 3.53. The molecule has 3 nitrogen and oxygen atoms in total. The van der Waals surface area contributed by atoms with Crippen molar-refractivity contribution in [1.82, 2.24) is 0 Å². The summed E-state index contributed by atoms with van der Waals surface area (Å²) in [6, 6.07) is 0. The quantitative estimate of drug-likeness (QED) is 0.302. The number of ketones is 1. The third-order valence-electron chi connectivity index (χ3n) is 2.49. The molecule has 104 valence electrons. The number of hydrogen-bond acceptors (Lipinski definition) is 3. The van der Waals surface area contributed by atoms with Gasteiger partial charge in [0.25, 0.3) is 0 Å². The van der Waals surface area contributed by atoms with Gasteiger partial charge in [0.1, 0.15) is 5.57 Å². The third-order valence-corrected chi connectivity index (χ3v) is 2.49. The fourth-order valence-electron chi connectivity index (χ4n) is 1.73. The van der Waals surface area contributed by atoms with E-state index in [2.05, 4.69) is 13.8 Å². The van der Waals surface area contributed by atoms with Gasteiger partial charge in [-0.25, -0.2) is 4.79 Å². The summed E-state index contributed by atoms with van der Waals surface area (Å²) < 4.78 is 5.17. The Hall–Kier alpha value is -1.12. The van der Waals surface area contributed by atoms with Crippen molar-refractivity contribution in [1.29, 1.82) is 0 Å². The van der Waals surface area contributed by atoms with Gasteiger partial charge in [-0.05, 0) is 25.2 Å². The molecule has 0 heterocycles. The number of Topliss-reactive ketones (excluding diaryl/α,β-unsaturated/α-hetero) is 1. The largest absolute Gasteiger partial charge is 0.462 e. The molecule has 18 heavy (non-hydrogen) atoms. The van der Waals surface area contributed by atoms with Crippen LogP contribution in [0.15, 0.2) is 11.1 Å². The molecule has 0 N–H and O–H groups in total. The highest BCUT2D eigenvalue weighted by Gasteiger charge is 2.21. The Morgan fingerprint density at radius 2 is 1.61 bits per heavy atom. The number of rotatable bonds is 7. The average Bonchev–Trinajstić information content (AvgIpc) is 2.25. The van der Waals surface area contributed by atoms with Gasteiger partial charge in [0.2, 0.25) is 0 Å². The second kappa shape index (κ2) is 8.06. The summed E-state index contributed by atoms with van der Waals surface area (Å²) in [5, 5.41) is 0. The van der Waals surface area contributed by atoms with Crippen LogP contribution in [0.4, 0.5) is 0 Å². The van der Waals surface area contributed by atoms with Crippen LogP contribution < -0.4 is 0 Å². The Labute approximate surface area is 111 Å². The standard InChI is InChI=1S/C15H26O3/c1-7-13(16)14(12(6)8-10(2)3)15(17)18-9-11(4)5/h10-11H,7-9H2,1-6H3. The lowest BCUT2D eigenvalue weighted by Gasteiger charge is -2.13. The SMILES string of the molecule is CCC(=O)C(C(=O)OCC(C)C)=C(C)CC(C)C. The monoisotopic (exact) mass is 254 g/mol. The summed E-state index contributed by atoms with van der Waals surface area (Å²) in [6.07, 6.45) is 1.08. The minimum Gasteiger partial charge on any atom is -0.462 e. The summed E-state index contributed by atoms with van der Waals surface area (Å²) in [4.78, 5) is 23.8. The smallest absolute Gasteiger partial charge is 0.341 e. The lowest BCUT2D eigenvalue weighted by atomic mass is 9.96. The van der Waals surface area contributed by atoms with E-state index in [1.165, 1.54) is 0 Å². The van der Waals surface area contributed by atoms with Crippen molar-refractivity contribution in [3.8, 4) is 0 Å². The normalized spacial score (nSPS) is 12.7. The molecule has 0 aliphatic rings. The molecular weight excluding hydrogens is 228 g/mol. The van der Waals surface area contributed by atoms with E-state index in [1.54, 1.807) is 6.92 Å². The Bertz CT molecular complexity index is 325. The zero-order chi connectivity index (χ0) is 14.3. The molecule has 0 spiro atoms. The molecule has 0 aromatic heterocycles. The van der Waals surface area contributed by atoms with Crippen LogP contribution in [0.1, 0.15) is 54.4 Å². The molecule has 0 aliphatic heterocycles. The van der Waals surface area contributed by atoms with E-state index in [0.717, 1.165) is 12.0 Å². The predicted molar refractivity (Wildman–Crippen MR) is 73.3 cm³/mol. The van der Waals surface area contributed by atoms with Crippen LogP contribution in [0, 0.1) is 11.8 Å². The van der Waals surface area contributed by atoms with E-state index >= 15 is 0 Å². The molecule has 0 unspecified atom stereocenters. The van der Waals surface area contributed by atoms with Crippen LogP contribution in [-0.4, -0.2) is 18.4 Å². The minimum absolute atomic E-state index is 0.123. The minimum atomic E-state index is -0.464. The fraction of sp³-hybridized carbons (Fsp3) is 0.733. The fourth-order valence-corrected chi connectivity index (χ4v) is 1.73. The highest BCUT2D eigenvalue weighted by molar-refractivity contribution is 6.17. The molecule has 0 aromatic rings. The molecular formula is C15H26O3. The van der Waals surface area contributed by atoms with Crippen molar-refractivity contribution >= 4 is 11.8 Å². The average molecular weight is 254 g/mol. The second-order valence-electron chi connectivity index (χ2n) is 5.52. The first-order valence-electron chi connectivity index (χ1n) is 6.69. The number of esters is 1. The molecule has 0 aliphatic carbocycles. The molecule has 0 saturated heterocycles. The van der Waals surface area contributed by atoms with Crippen LogP contribution in [0.5, 0.6) is 0 Å². The summed E-state index contributed by atoms with van der Waals surface area (Å²) in [5.41, 5.74) is 1.09.